The lowest BCUT2D eigenvalue weighted by Crippen LogP contribution is -2.26. The summed E-state index contributed by atoms with van der Waals surface area (Å²) < 4.78 is 0. The van der Waals surface area contributed by atoms with Crippen LogP contribution in [0.5, 0.6) is 0 Å². The van der Waals surface area contributed by atoms with Crippen LogP contribution in [0.2, 0.25) is 0 Å². The molecule has 1 fully saturated rings. The molecule has 0 nitrogen and oxygen atoms in total. The van der Waals surface area contributed by atoms with Crippen molar-refractivity contribution < 1.29 is 0 Å². The van der Waals surface area contributed by atoms with Gasteiger partial charge in [-0.2, -0.15) is 0 Å². The summed E-state index contributed by atoms with van der Waals surface area (Å²) in [6.45, 7) is 11.1. The molecule has 0 radical (unpaired) electrons. The lowest BCUT2D eigenvalue weighted by Gasteiger charge is -2.39. The molecule has 1 rings (SSSR count). The highest BCUT2D eigenvalue weighted by Crippen LogP contribution is 2.44. The van der Waals surface area contributed by atoms with Crippen molar-refractivity contribution in [3.63, 3.8) is 0 Å². The fourth-order valence-electron chi connectivity index (χ4n) is 1.97. The summed E-state index contributed by atoms with van der Waals surface area (Å²) in [6, 6.07) is 0. The van der Waals surface area contributed by atoms with Crippen LogP contribution in [0.3, 0.4) is 0 Å². The van der Waals surface area contributed by atoms with Crippen molar-refractivity contribution in [1.29, 1.82) is 0 Å². The molecule has 0 heteroatoms. The second-order valence-corrected chi connectivity index (χ2v) is 4.26. The summed E-state index contributed by atoms with van der Waals surface area (Å²) in [7, 11) is 0. The van der Waals surface area contributed by atoms with Gasteiger partial charge in [0.25, 0.3) is 0 Å². The van der Waals surface area contributed by atoms with Crippen LogP contribution in [0.1, 0.15) is 60.3 Å². The number of hydrogen-bond acceptors (Lipinski definition) is 0. The SMILES string of the molecule is CC.CC(C)CC1(C)CCC1. The summed E-state index contributed by atoms with van der Waals surface area (Å²) >= 11 is 0. The Labute approximate surface area is 72.4 Å². The molecule has 0 N–H and O–H groups in total. The molecule has 0 spiro atoms. The Morgan fingerprint density at radius 3 is 1.73 bits per heavy atom. The number of hydrogen-bond donors (Lipinski definition) is 0. The minimum absolute atomic E-state index is 0.744. The maximum atomic E-state index is 2.43. The Morgan fingerprint density at radius 2 is 1.64 bits per heavy atom. The fraction of sp³-hybridized carbons (Fsp3) is 1.00. The minimum Gasteiger partial charge on any atom is -0.0683 e. The topological polar surface area (TPSA) is 0 Å². The van der Waals surface area contributed by atoms with Gasteiger partial charge in [-0.05, 0) is 30.6 Å². The lowest BCUT2D eigenvalue weighted by molar-refractivity contribution is 0.125. The van der Waals surface area contributed by atoms with Crippen molar-refractivity contribution in [3.8, 4) is 0 Å². The van der Waals surface area contributed by atoms with E-state index < -0.39 is 0 Å². The smallest absolute Gasteiger partial charge is 0.0323 e. The first-order valence-corrected chi connectivity index (χ1v) is 5.12. The molecule has 0 saturated heterocycles. The monoisotopic (exact) mass is 156 g/mol. The van der Waals surface area contributed by atoms with Gasteiger partial charge in [0, 0.05) is 0 Å². The molecule has 0 amide bonds. The summed E-state index contributed by atoms with van der Waals surface area (Å²) in [5.74, 6) is 0.898. The first-order chi connectivity index (χ1) is 5.12. The zero-order chi connectivity index (χ0) is 8.91. The Kier molecular flexibility index (Phi) is 4.79. The maximum absolute atomic E-state index is 2.43. The molecule has 0 aromatic heterocycles. The van der Waals surface area contributed by atoms with Crippen LogP contribution < -0.4 is 0 Å². The van der Waals surface area contributed by atoms with E-state index in [9.17, 15) is 0 Å². The van der Waals surface area contributed by atoms with Gasteiger partial charge in [-0.3, -0.25) is 0 Å². The van der Waals surface area contributed by atoms with E-state index in [1.807, 2.05) is 13.8 Å². The van der Waals surface area contributed by atoms with Gasteiger partial charge < -0.3 is 0 Å². The minimum atomic E-state index is 0.744. The van der Waals surface area contributed by atoms with E-state index in [-0.39, 0.29) is 0 Å². The third-order valence-corrected chi connectivity index (χ3v) is 2.46. The average molecular weight is 156 g/mol. The molecule has 0 atom stereocenters. The second-order valence-electron chi connectivity index (χ2n) is 4.26. The van der Waals surface area contributed by atoms with Gasteiger partial charge in [-0.1, -0.05) is 41.0 Å². The molecule has 0 aromatic rings. The second kappa shape index (κ2) is 4.79. The van der Waals surface area contributed by atoms with Crippen LogP contribution in [-0.2, 0) is 0 Å². The van der Waals surface area contributed by atoms with Gasteiger partial charge in [0.05, 0.1) is 0 Å². The Morgan fingerprint density at radius 1 is 1.18 bits per heavy atom. The molecule has 11 heavy (non-hydrogen) atoms. The van der Waals surface area contributed by atoms with Crippen LogP contribution in [0, 0.1) is 11.3 Å². The van der Waals surface area contributed by atoms with E-state index in [4.69, 9.17) is 0 Å². The predicted molar refractivity (Wildman–Crippen MR) is 52.8 cm³/mol. The number of rotatable bonds is 2. The van der Waals surface area contributed by atoms with E-state index in [1.165, 1.54) is 25.7 Å². The van der Waals surface area contributed by atoms with Crippen molar-refractivity contribution in [2.75, 3.05) is 0 Å². The van der Waals surface area contributed by atoms with E-state index in [0.29, 0.717) is 0 Å². The Hall–Kier alpha value is 0. The van der Waals surface area contributed by atoms with Crippen LogP contribution in [0.25, 0.3) is 0 Å². The predicted octanol–water partition coefficient (Wildman–Crippen LogP) is 4.25. The average Bonchev–Trinajstić information content (AvgIpc) is 1.88. The summed E-state index contributed by atoms with van der Waals surface area (Å²) in [4.78, 5) is 0. The summed E-state index contributed by atoms with van der Waals surface area (Å²) in [6.07, 6.45) is 5.87. The molecule has 0 bridgehead atoms. The normalized spacial score (nSPS) is 20.2. The molecule has 68 valence electrons. The van der Waals surface area contributed by atoms with E-state index in [1.54, 1.807) is 0 Å². The van der Waals surface area contributed by atoms with Crippen LogP contribution in [-0.4, -0.2) is 0 Å². The van der Waals surface area contributed by atoms with Gasteiger partial charge >= 0.3 is 0 Å². The molecule has 0 unspecified atom stereocenters. The van der Waals surface area contributed by atoms with Gasteiger partial charge in [-0.15, -0.1) is 0 Å². The van der Waals surface area contributed by atoms with Crippen molar-refractivity contribution in [2.24, 2.45) is 11.3 Å². The van der Waals surface area contributed by atoms with Crippen LogP contribution >= 0.6 is 0 Å². The van der Waals surface area contributed by atoms with Crippen LogP contribution in [0.4, 0.5) is 0 Å². The van der Waals surface area contributed by atoms with Crippen LogP contribution in [0.15, 0.2) is 0 Å². The zero-order valence-corrected chi connectivity index (χ0v) is 8.91. The van der Waals surface area contributed by atoms with Gasteiger partial charge in [0.1, 0.15) is 0 Å². The fourth-order valence-corrected chi connectivity index (χ4v) is 1.97. The Bertz CT molecular complexity index is 88.2. The third-order valence-electron chi connectivity index (χ3n) is 2.46. The Balaban J connectivity index is 0.000000461. The van der Waals surface area contributed by atoms with Gasteiger partial charge in [-0.25, -0.2) is 0 Å². The quantitative estimate of drug-likeness (QED) is 0.560. The van der Waals surface area contributed by atoms with E-state index >= 15 is 0 Å². The first kappa shape index (κ1) is 11.0. The third kappa shape index (κ3) is 3.79. The zero-order valence-electron chi connectivity index (χ0n) is 8.91. The molecule has 1 saturated carbocycles. The highest BCUT2D eigenvalue weighted by atomic mass is 14.4. The van der Waals surface area contributed by atoms with Crippen molar-refractivity contribution >= 4 is 0 Å². The largest absolute Gasteiger partial charge is 0.0683 e. The van der Waals surface area contributed by atoms with E-state index in [2.05, 4.69) is 20.8 Å². The summed E-state index contributed by atoms with van der Waals surface area (Å²) in [5, 5.41) is 0. The molecule has 1 aliphatic carbocycles. The molecule has 0 aromatic carbocycles. The van der Waals surface area contributed by atoms with Crippen molar-refractivity contribution in [1.82, 2.24) is 0 Å². The van der Waals surface area contributed by atoms with Crippen molar-refractivity contribution in [3.05, 3.63) is 0 Å². The van der Waals surface area contributed by atoms with E-state index in [0.717, 1.165) is 11.3 Å². The maximum Gasteiger partial charge on any atom is -0.0323 e. The lowest BCUT2D eigenvalue weighted by atomic mass is 9.66. The molecule has 0 aliphatic heterocycles. The van der Waals surface area contributed by atoms with Gasteiger partial charge in [0.15, 0.2) is 0 Å². The van der Waals surface area contributed by atoms with Crippen molar-refractivity contribution in [2.45, 2.75) is 60.3 Å². The molecular formula is C11H24. The summed E-state index contributed by atoms with van der Waals surface area (Å²) in [5.41, 5.74) is 0.744. The first-order valence-electron chi connectivity index (χ1n) is 5.12. The molecular weight excluding hydrogens is 132 g/mol. The molecule has 1 aliphatic rings. The highest BCUT2D eigenvalue weighted by Gasteiger charge is 2.31. The highest BCUT2D eigenvalue weighted by molar-refractivity contribution is 4.83. The standard InChI is InChI=1S/C9H18.C2H6/c1-8(2)7-9(3)5-4-6-9;1-2/h8H,4-7H2,1-3H3;1-2H3. The molecule has 0 heterocycles. The van der Waals surface area contributed by atoms with Gasteiger partial charge in [0.2, 0.25) is 0 Å².